The molecule has 0 saturated heterocycles. The summed E-state index contributed by atoms with van der Waals surface area (Å²) in [6, 6.07) is 0. The fourth-order valence-corrected chi connectivity index (χ4v) is 0.718. The van der Waals surface area contributed by atoms with Crippen molar-refractivity contribution in [2.24, 2.45) is 11.3 Å². The summed E-state index contributed by atoms with van der Waals surface area (Å²) in [6.07, 6.45) is 0. The summed E-state index contributed by atoms with van der Waals surface area (Å²) in [6.45, 7) is 8.53. The number of alkyl halides is 1. The van der Waals surface area contributed by atoms with E-state index in [1.54, 1.807) is 0 Å². The first-order valence-corrected chi connectivity index (χ1v) is 4.78. The van der Waals surface area contributed by atoms with E-state index in [4.69, 9.17) is 11.6 Å². The molecule has 0 radical (unpaired) electrons. The van der Waals surface area contributed by atoms with E-state index >= 15 is 0 Å². The van der Waals surface area contributed by atoms with Crippen LogP contribution in [0.3, 0.4) is 0 Å². The smallest absolute Gasteiger partial charge is 0.226 e. The lowest BCUT2D eigenvalue weighted by Crippen LogP contribution is -2.39. The minimum Gasteiger partial charge on any atom is -0.355 e. The van der Waals surface area contributed by atoms with E-state index in [1.165, 1.54) is 0 Å². The van der Waals surface area contributed by atoms with Gasteiger partial charge in [0.15, 0.2) is 0 Å². The Balaban J connectivity index is 3.88. The zero-order chi connectivity index (χ0) is 9.78. The molecule has 0 saturated carbocycles. The minimum absolute atomic E-state index is 0.0335. The van der Waals surface area contributed by atoms with Crippen molar-refractivity contribution in [3.05, 3.63) is 0 Å². The van der Waals surface area contributed by atoms with Crippen LogP contribution in [-0.4, -0.2) is 18.3 Å². The fraction of sp³-hybridized carbons (Fsp3) is 0.889. The molecule has 0 atom stereocenters. The molecule has 12 heavy (non-hydrogen) atoms. The number of carbonyl (C=O) groups is 1. The van der Waals surface area contributed by atoms with E-state index < -0.39 is 5.41 Å². The van der Waals surface area contributed by atoms with Gasteiger partial charge in [0, 0.05) is 12.4 Å². The second-order valence-electron chi connectivity index (χ2n) is 4.12. The molecule has 1 amide bonds. The Labute approximate surface area is 79.7 Å². The highest BCUT2D eigenvalue weighted by molar-refractivity contribution is 6.19. The van der Waals surface area contributed by atoms with Crippen molar-refractivity contribution in [2.75, 3.05) is 12.4 Å². The molecule has 0 spiro atoms. The van der Waals surface area contributed by atoms with Crippen molar-refractivity contribution < 1.29 is 4.79 Å². The molecule has 0 unspecified atom stereocenters. The highest BCUT2D eigenvalue weighted by atomic mass is 35.5. The van der Waals surface area contributed by atoms with Gasteiger partial charge in [0.1, 0.15) is 0 Å². The van der Waals surface area contributed by atoms with Crippen LogP contribution in [0, 0.1) is 11.3 Å². The summed E-state index contributed by atoms with van der Waals surface area (Å²) in [5.41, 5.74) is -0.448. The zero-order valence-electron chi connectivity index (χ0n) is 8.28. The van der Waals surface area contributed by atoms with E-state index in [1.807, 2.05) is 13.8 Å². The standard InChI is InChI=1S/C9H18ClNO/c1-7(2)5-11-8(12)9(3,4)6-10/h7H,5-6H2,1-4H3,(H,11,12). The van der Waals surface area contributed by atoms with Crippen LogP contribution in [0.25, 0.3) is 0 Å². The maximum atomic E-state index is 11.4. The summed E-state index contributed by atoms with van der Waals surface area (Å²) in [7, 11) is 0. The van der Waals surface area contributed by atoms with Crippen LogP contribution in [-0.2, 0) is 4.79 Å². The van der Waals surface area contributed by atoms with Crippen molar-refractivity contribution in [3.63, 3.8) is 0 Å². The SMILES string of the molecule is CC(C)CNC(=O)C(C)(C)CCl. The van der Waals surface area contributed by atoms with Gasteiger partial charge in [0.2, 0.25) is 5.91 Å². The van der Waals surface area contributed by atoms with Crippen molar-refractivity contribution in [1.29, 1.82) is 0 Å². The number of halogens is 1. The highest BCUT2D eigenvalue weighted by Crippen LogP contribution is 2.16. The molecule has 3 heteroatoms. The molecule has 0 fully saturated rings. The molecular weight excluding hydrogens is 174 g/mol. The normalized spacial score (nSPS) is 11.8. The Kier molecular flexibility index (Phi) is 4.61. The van der Waals surface area contributed by atoms with Crippen molar-refractivity contribution >= 4 is 17.5 Å². The lowest BCUT2D eigenvalue weighted by molar-refractivity contribution is -0.128. The molecule has 0 bridgehead atoms. The Morgan fingerprint density at radius 3 is 2.33 bits per heavy atom. The van der Waals surface area contributed by atoms with Gasteiger partial charge in [-0.3, -0.25) is 4.79 Å². The van der Waals surface area contributed by atoms with E-state index in [0.717, 1.165) is 6.54 Å². The monoisotopic (exact) mass is 191 g/mol. The van der Waals surface area contributed by atoms with Crippen LogP contribution in [0.2, 0.25) is 0 Å². The van der Waals surface area contributed by atoms with Gasteiger partial charge in [0.05, 0.1) is 5.41 Å². The van der Waals surface area contributed by atoms with Crippen LogP contribution in [0.15, 0.2) is 0 Å². The third kappa shape index (κ3) is 3.96. The molecule has 0 heterocycles. The first kappa shape index (κ1) is 11.8. The van der Waals surface area contributed by atoms with Crippen molar-refractivity contribution in [3.8, 4) is 0 Å². The predicted octanol–water partition coefficient (Wildman–Crippen LogP) is 2.02. The van der Waals surface area contributed by atoms with Gasteiger partial charge in [-0.1, -0.05) is 13.8 Å². The second kappa shape index (κ2) is 4.70. The summed E-state index contributed by atoms with van der Waals surface area (Å²) in [5.74, 6) is 0.878. The maximum Gasteiger partial charge on any atom is 0.226 e. The molecule has 0 aliphatic rings. The third-order valence-corrected chi connectivity index (χ3v) is 2.29. The number of hydrogen-bond acceptors (Lipinski definition) is 1. The molecule has 0 aromatic carbocycles. The number of amides is 1. The minimum atomic E-state index is -0.448. The van der Waals surface area contributed by atoms with Gasteiger partial charge in [-0.05, 0) is 19.8 Å². The van der Waals surface area contributed by atoms with Gasteiger partial charge in [-0.15, -0.1) is 11.6 Å². The largest absolute Gasteiger partial charge is 0.355 e. The van der Waals surface area contributed by atoms with E-state index in [-0.39, 0.29) is 5.91 Å². The quantitative estimate of drug-likeness (QED) is 0.677. The molecule has 0 aliphatic carbocycles. The van der Waals surface area contributed by atoms with Crippen LogP contribution >= 0.6 is 11.6 Å². The highest BCUT2D eigenvalue weighted by Gasteiger charge is 2.25. The lowest BCUT2D eigenvalue weighted by Gasteiger charge is -2.20. The van der Waals surface area contributed by atoms with Gasteiger partial charge in [0.25, 0.3) is 0 Å². The summed E-state index contributed by atoms with van der Waals surface area (Å²) >= 11 is 5.64. The van der Waals surface area contributed by atoms with Gasteiger partial charge >= 0.3 is 0 Å². The summed E-state index contributed by atoms with van der Waals surface area (Å²) < 4.78 is 0. The molecular formula is C9H18ClNO. The summed E-state index contributed by atoms with van der Waals surface area (Å²) in [5, 5.41) is 2.85. The Bertz CT molecular complexity index is 155. The molecule has 2 nitrogen and oxygen atoms in total. The second-order valence-corrected chi connectivity index (χ2v) is 4.39. The molecule has 0 rings (SSSR count). The van der Waals surface area contributed by atoms with Crippen LogP contribution in [0.1, 0.15) is 27.7 Å². The Hall–Kier alpha value is -0.240. The lowest BCUT2D eigenvalue weighted by atomic mass is 9.95. The first-order chi connectivity index (χ1) is 5.40. The number of carbonyl (C=O) groups excluding carboxylic acids is 1. The molecule has 0 aromatic rings. The maximum absolute atomic E-state index is 11.4. The number of nitrogens with one attached hydrogen (secondary N) is 1. The van der Waals surface area contributed by atoms with Crippen LogP contribution in [0.4, 0.5) is 0 Å². The predicted molar refractivity (Wildman–Crippen MR) is 52.3 cm³/mol. The number of hydrogen-bond donors (Lipinski definition) is 1. The van der Waals surface area contributed by atoms with Gasteiger partial charge in [-0.2, -0.15) is 0 Å². The summed E-state index contributed by atoms with van der Waals surface area (Å²) in [4.78, 5) is 11.4. The molecule has 1 N–H and O–H groups in total. The third-order valence-electron chi connectivity index (χ3n) is 1.62. The van der Waals surface area contributed by atoms with Crippen molar-refractivity contribution in [2.45, 2.75) is 27.7 Å². The first-order valence-electron chi connectivity index (χ1n) is 4.24. The fourth-order valence-electron chi connectivity index (χ4n) is 0.597. The average Bonchev–Trinajstić information content (AvgIpc) is 2.00. The van der Waals surface area contributed by atoms with Crippen LogP contribution in [0.5, 0.6) is 0 Å². The van der Waals surface area contributed by atoms with Gasteiger partial charge in [-0.25, -0.2) is 0 Å². The van der Waals surface area contributed by atoms with E-state index in [0.29, 0.717) is 11.8 Å². The molecule has 72 valence electrons. The molecule has 0 aliphatic heterocycles. The topological polar surface area (TPSA) is 29.1 Å². The van der Waals surface area contributed by atoms with E-state index in [2.05, 4.69) is 19.2 Å². The van der Waals surface area contributed by atoms with E-state index in [9.17, 15) is 4.79 Å². The van der Waals surface area contributed by atoms with Crippen molar-refractivity contribution in [1.82, 2.24) is 5.32 Å². The Morgan fingerprint density at radius 2 is 2.00 bits per heavy atom. The Morgan fingerprint density at radius 1 is 1.50 bits per heavy atom. The van der Waals surface area contributed by atoms with Gasteiger partial charge < -0.3 is 5.32 Å². The molecule has 0 aromatic heterocycles. The average molecular weight is 192 g/mol. The zero-order valence-corrected chi connectivity index (χ0v) is 9.03. The number of rotatable bonds is 4. The van der Waals surface area contributed by atoms with Crippen LogP contribution < -0.4 is 5.32 Å².